The second kappa shape index (κ2) is 8.72. The topological polar surface area (TPSA) is 98.7 Å². The van der Waals surface area contributed by atoms with Gasteiger partial charge < -0.3 is 14.2 Å². The Morgan fingerprint density at radius 1 is 1.20 bits per heavy atom. The summed E-state index contributed by atoms with van der Waals surface area (Å²) in [4.78, 5) is 21.9. The third-order valence-corrected chi connectivity index (χ3v) is 8.00. The van der Waals surface area contributed by atoms with Crippen LogP contribution >= 0.6 is 11.6 Å². The minimum Gasteiger partial charge on any atom is -0.399 e. The molecule has 0 N–H and O–H groups in total. The monoisotopic (exact) mass is 457 g/mol. The maximum Gasteiger partial charge on any atom is 0.498 e. The van der Waals surface area contributed by atoms with Gasteiger partial charge in [0.05, 0.1) is 17.0 Å². The van der Waals surface area contributed by atoms with Crippen LogP contribution in [-0.2, 0) is 23.9 Å². The highest BCUT2D eigenvalue weighted by atomic mass is 35.5. The minimum absolute atomic E-state index is 0.0905. The van der Waals surface area contributed by atoms with E-state index in [1.54, 1.807) is 4.90 Å². The Morgan fingerprint density at radius 2 is 1.80 bits per heavy atom. The molecule has 0 unspecified atom stereocenters. The summed E-state index contributed by atoms with van der Waals surface area (Å²) in [5, 5.41) is -0.228. The molecule has 3 heterocycles. The summed E-state index contributed by atoms with van der Waals surface area (Å²) >= 11 is 5.69. The van der Waals surface area contributed by atoms with Crippen molar-refractivity contribution in [2.45, 2.75) is 75.8 Å². The predicted molar refractivity (Wildman–Crippen MR) is 114 cm³/mol. The summed E-state index contributed by atoms with van der Waals surface area (Å²) in [7, 11) is -4.33. The van der Waals surface area contributed by atoms with E-state index in [4.69, 9.17) is 20.9 Å². The lowest BCUT2D eigenvalue weighted by Gasteiger charge is -2.35. The summed E-state index contributed by atoms with van der Waals surface area (Å²) in [5.74, 6) is -0.367. The molecule has 0 aromatic carbocycles. The number of rotatable bonds is 6. The highest BCUT2D eigenvalue weighted by Gasteiger charge is 2.52. The summed E-state index contributed by atoms with van der Waals surface area (Å²) in [5.41, 5.74) is -0.442. The molecule has 8 nitrogen and oxygen atoms in total. The standard InChI is InChI=1S/C19H29BClN3O5S/c1-18(2)19(3,4)29-20(28-18)14-12-22-17(23-13-14)30(26,27)10-8-15-7-5-6-9-24(15)16(25)11-21/h12-13,15H,5-11H2,1-4H3/t15-/m1/s1. The van der Waals surface area contributed by atoms with Gasteiger partial charge in [0, 0.05) is 30.4 Å². The average Bonchev–Trinajstić information content (AvgIpc) is 2.93. The third kappa shape index (κ3) is 4.82. The zero-order chi connectivity index (χ0) is 22.2. The molecule has 1 aromatic heterocycles. The predicted octanol–water partition coefficient (Wildman–Crippen LogP) is 1.56. The smallest absolute Gasteiger partial charge is 0.399 e. The van der Waals surface area contributed by atoms with Crippen molar-refractivity contribution in [2.24, 2.45) is 0 Å². The zero-order valence-corrected chi connectivity index (χ0v) is 19.5. The van der Waals surface area contributed by atoms with Gasteiger partial charge in [-0.25, -0.2) is 18.4 Å². The van der Waals surface area contributed by atoms with E-state index in [9.17, 15) is 13.2 Å². The molecule has 0 radical (unpaired) electrons. The Bertz CT molecular complexity index is 863. The molecule has 166 valence electrons. The molecule has 1 aromatic rings. The highest BCUT2D eigenvalue weighted by Crippen LogP contribution is 2.36. The van der Waals surface area contributed by atoms with E-state index in [0.29, 0.717) is 18.4 Å². The molecule has 3 rings (SSSR count). The molecule has 0 saturated carbocycles. The van der Waals surface area contributed by atoms with Gasteiger partial charge >= 0.3 is 7.12 Å². The molecule has 0 aliphatic carbocycles. The number of hydrogen-bond acceptors (Lipinski definition) is 7. The van der Waals surface area contributed by atoms with Crippen molar-refractivity contribution in [2.75, 3.05) is 18.2 Å². The van der Waals surface area contributed by atoms with Crippen molar-refractivity contribution >= 4 is 39.9 Å². The average molecular weight is 458 g/mol. The number of alkyl halides is 1. The van der Waals surface area contributed by atoms with Crippen LogP contribution in [0.2, 0.25) is 0 Å². The molecule has 2 fully saturated rings. The van der Waals surface area contributed by atoms with E-state index in [1.807, 2.05) is 27.7 Å². The highest BCUT2D eigenvalue weighted by molar-refractivity contribution is 7.91. The Morgan fingerprint density at radius 3 is 2.37 bits per heavy atom. The fourth-order valence-corrected chi connectivity index (χ4v) is 5.02. The largest absolute Gasteiger partial charge is 0.498 e. The first-order valence-electron chi connectivity index (χ1n) is 10.2. The first kappa shape index (κ1) is 23.4. The Labute approximate surface area is 183 Å². The van der Waals surface area contributed by atoms with Gasteiger partial charge in [0.1, 0.15) is 5.88 Å². The summed E-state index contributed by atoms with van der Waals surface area (Å²) in [6.07, 6.45) is 5.87. The number of nitrogens with zero attached hydrogens (tertiary/aromatic N) is 3. The second-order valence-electron chi connectivity index (χ2n) is 8.87. The van der Waals surface area contributed by atoms with Gasteiger partial charge in [-0.05, 0) is 53.4 Å². The zero-order valence-electron chi connectivity index (χ0n) is 17.9. The molecule has 2 aliphatic heterocycles. The van der Waals surface area contributed by atoms with Crippen LogP contribution in [-0.4, -0.2) is 71.7 Å². The van der Waals surface area contributed by atoms with Crippen molar-refractivity contribution in [3.8, 4) is 0 Å². The molecule has 1 atom stereocenters. The van der Waals surface area contributed by atoms with Gasteiger partial charge in [-0.15, -0.1) is 11.6 Å². The van der Waals surface area contributed by atoms with E-state index in [1.165, 1.54) is 12.4 Å². The van der Waals surface area contributed by atoms with E-state index in [-0.39, 0.29) is 28.7 Å². The van der Waals surface area contributed by atoms with Gasteiger partial charge in [-0.3, -0.25) is 4.79 Å². The Kier molecular flexibility index (Phi) is 6.82. The molecular formula is C19H29BClN3O5S. The van der Waals surface area contributed by atoms with Crippen molar-refractivity contribution in [1.82, 2.24) is 14.9 Å². The number of sulfone groups is 1. The van der Waals surface area contributed by atoms with Crippen molar-refractivity contribution in [1.29, 1.82) is 0 Å². The van der Waals surface area contributed by atoms with Crippen LogP contribution in [0.3, 0.4) is 0 Å². The number of piperidine rings is 1. The Hall–Kier alpha value is -1.23. The minimum atomic E-state index is -3.68. The number of aromatic nitrogens is 2. The van der Waals surface area contributed by atoms with Crippen LogP contribution < -0.4 is 5.46 Å². The Balaban J connectivity index is 1.66. The number of amides is 1. The molecule has 2 aliphatic rings. The molecule has 2 saturated heterocycles. The van der Waals surface area contributed by atoms with E-state index in [0.717, 1.165) is 19.3 Å². The van der Waals surface area contributed by atoms with Crippen molar-refractivity contribution < 1.29 is 22.5 Å². The number of carbonyl (C=O) groups excluding carboxylic acids is 1. The van der Waals surface area contributed by atoms with Crippen LogP contribution in [0, 0.1) is 0 Å². The maximum absolute atomic E-state index is 12.7. The van der Waals surface area contributed by atoms with Gasteiger partial charge in [0.15, 0.2) is 0 Å². The van der Waals surface area contributed by atoms with Crippen LogP contribution in [0.1, 0.15) is 53.4 Å². The number of halogens is 1. The molecule has 0 spiro atoms. The van der Waals surface area contributed by atoms with E-state index < -0.39 is 28.2 Å². The van der Waals surface area contributed by atoms with Crippen LogP contribution in [0.25, 0.3) is 0 Å². The van der Waals surface area contributed by atoms with Gasteiger partial charge in [0.25, 0.3) is 0 Å². The van der Waals surface area contributed by atoms with Crippen molar-refractivity contribution in [3.05, 3.63) is 12.4 Å². The molecule has 0 bridgehead atoms. The maximum atomic E-state index is 12.7. The van der Waals surface area contributed by atoms with Crippen molar-refractivity contribution in [3.63, 3.8) is 0 Å². The van der Waals surface area contributed by atoms with Crippen LogP contribution in [0.4, 0.5) is 0 Å². The van der Waals surface area contributed by atoms with Gasteiger partial charge in [0.2, 0.25) is 20.9 Å². The van der Waals surface area contributed by atoms with E-state index >= 15 is 0 Å². The molecule has 1 amide bonds. The van der Waals surface area contributed by atoms with Crippen LogP contribution in [0.5, 0.6) is 0 Å². The molecular weight excluding hydrogens is 429 g/mol. The van der Waals surface area contributed by atoms with Gasteiger partial charge in [-0.2, -0.15) is 0 Å². The molecule has 11 heteroatoms. The summed E-state index contributed by atoms with van der Waals surface area (Å²) in [6, 6.07) is -0.121. The van der Waals surface area contributed by atoms with Gasteiger partial charge in [-0.1, -0.05) is 0 Å². The fourth-order valence-electron chi connectivity index (χ4n) is 3.68. The van der Waals surface area contributed by atoms with E-state index in [2.05, 4.69) is 9.97 Å². The quantitative estimate of drug-likeness (QED) is 0.363. The normalized spacial score (nSPS) is 23.6. The number of carbonyl (C=O) groups is 1. The number of likely N-dealkylation sites (tertiary alicyclic amines) is 1. The first-order chi connectivity index (χ1) is 14.0. The lowest BCUT2D eigenvalue weighted by atomic mass is 9.81. The lowest BCUT2D eigenvalue weighted by molar-refractivity contribution is -0.132. The first-order valence-corrected chi connectivity index (χ1v) is 12.4. The number of hydrogen-bond donors (Lipinski definition) is 0. The molecule has 30 heavy (non-hydrogen) atoms. The second-order valence-corrected chi connectivity index (χ2v) is 11.1. The van der Waals surface area contributed by atoms with Crippen LogP contribution in [0.15, 0.2) is 17.6 Å². The summed E-state index contributed by atoms with van der Waals surface area (Å²) < 4.78 is 37.4. The lowest BCUT2D eigenvalue weighted by Crippen LogP contribution is -2.45. The fraction of sp³-hybridized carbons (Fsp3) is 0.737. The SMILES string of the molecule is CC1(C)OB(c2cnc(S(=O)(=O)CC[C@H]3CCCCN3C(=O)CCl)nc2)OC1(C)C. The third-order valence-electron chi connectivity index (χ3n) is 6.23. The summed E-state index contributed by atoms with van der Waals surface area (Å²) in [6.45, 7) is 8.38.